The fourth-order valence-corrected chi connectivity index (χ4v) is 1.01. The smallest absolute Gasteiger partial charge is 0.253 e. The van der Waals surface area contributed by atoms with Crippen molar-refractivity contribution in [1.82, 2.24) is 4.98 Å². The van der Waals surface area contributed by atoms with E-state index in [1.54, 1.807) is 31.5 Å². The molecule has 1 aromatic rings. The van der Waals surface area contributed by atoms with E-state index in [2.05, 4.69) is 10.3 Å². The van der Waals surface area contributed by atoms with Crippen LogP contribution in [0, 0.1) is 0 Å². The van der Waals surface area contributed by atoms with Gasteiger partial charge in [-0.1, -0.05) is 0 Å². The summed E-state index contributed by atoms with van der Waals surface area (Å²) in [4.78, 5) is 15.3. The average molecular weight is 194 g/mol. The zero-order chi connectivity index (χ0) is 10.4. The molecule has 0 aliphatic carbocycles. The van der Waals surface area contributed by atoms with E-state index >= 15 is 0 Å². The molecule has 14 heavy (non-hydrogen) atoms. The van der Waals surface area contributed by atoms with Gasteiger partial charge >= 0.3 is 0 Å². The average Bonchev–Trinajstić information content (AvgIpc) is 2.19. The number of nitrogens with one attached hydrogen (secondary N) is 1. The Kier molecular flexibility index (Phi) is 4.07. The summed E-state index contributed by atoms with van der Waals surface area (Å²) in [6.45, 7) is 4.10. The molecule has 76 valence electrons. The highest BCUT2D eigenvalue weighted by Crippen LogP contribution is 2.04. The van der Waals surface area contributed by atoms with E-state index in [-0.39, 0.29) is 5.91 Å². The topological polar surface area (TPSA) is 51.2 Å². The Labute approximate surface area is 83.3 Å². The Morgan fingerprint density at radius 1 is 1.71 bits per heavy atom. The zero-order valence-electron chi connectivity index (χ0n) is 8.36. The Hall–Kier alpha value is -1.42. The molecular formula is C10H14N2O2. The van der Waals surface area contributed by atoms with Crippen LogP contribution in [0.15, 0.2) is 24.5 Å². The van der Waals surface area contributed by atoms with Gasteiger partial charge in [-0.25, -0.2) is 0 Å². The van der Waals surface area contributed by atoms with Gasteiger partial charge in [0.05, 0.1) is 11.9 Å². The summed E-state index contributed by atoms with van der Waals surface area (Å²) in [7, 11) is 0. The van der Waals surface area contributed by atoms with E-state index in [1.807, 2.05) is 6.92 Å². The number of ether oxygens (including phenoxy) is 1. The van der Waals surface area contributed by atoms with Crippen molar-refractivity contribution in [2.24, 2.45) is 0 Å². The van der Waals surface area contributed by atoms with Gasteiger partial charge in [0.2, 0.25) is 0 Å². The number of anilines is 1. The van der Waals surface area contributed by atoms with Gasteiger partial charge in [-0.2, -0.15) is 0 Å². The van der Waals surface area contributed by atoms with E-state index in [4.69, 9.17) is 4.74 Å². The van der Waals surface area contributed by atoms with E-state index in [0.717, 1.165) is 0 Å². The molecule has 0 bridgehead atoms. The zero-order valence-corrected chi connectivity index (χ0v) is 8.36. The minimum Gasteiger partial charge on any atom is -0.369 e. The second-order valence-electron chi connectivity index (χ2n) is 2.83. The number of rotatable bonds is 4. The third-order valence-corrected chi connectivity index (χ3v) is 1.71. The SMILES string of the molecule is CCO[C@H](C)C(=O)Nc1cccnc1. The Bertz CT molecular complexity index is 287. The number of nitrogens with zero attached hydrogens (tertiary/aromatic N) is 1. The van der Waals surface area contributed by atoms with Crippen molar-refractivity contribution in [2.75, 3.05) is 11.9 Å². The molecule has 0 unspecified atom stereocenters. The van der Waals surface area contributed by atoms with Gasteiger partial charge in [0.15, 0.2) is 0 Å². The predicted molar refractivity (Wildman–Crippen MR) is 54.0 cm³/mol. The fraction of sp³-hybridized carbons (Fsp3) is 0.400. The van der Waals surface area contributed by atoms with Crippen molar-refractivity contribution in [2.45, 2.75) is 20.0 Å². The second kappa shape index (κ2) is 5.34. The maximum absolute atomic E-state index is 11.4. The first-order valence-corrected chi connectivity index (χ1v) is 4.56. The first kappa shape index (κ1) is 10.7. The maximum Gasteiger partial charge on any atom is 0.253 e. The minimum absolute atomic E-state index is 0.153. The highest BCUT2D eigenvalue weighted by Gasteiger charge is 2.11. The first-order valence-electron chi connectivity index (χ1n) is 4.56. The van der Waals surface area contributed by atoms with Crippen molar-refractivity contribution in [3.05, 3.63) is 24.5 Å². The van der Waals surface area contributed by atoms with Gasteiger partial charge in [-0.15, -0.1) is 0 Å². The molecule has 1 heterocycles. The summed E-state index contributed by atoms with van der Waals surface area (Å²) in [6.07, 6.45) is 2.82. The summed E-state index contributed by atoms with van der Waals surface area (Å²) in [6, 6.07) is 3.55. The molecule has 4 heteroatoms. The quantitative estimate of drug-likeness (QED) is 0.789. The molecule has 0 saturated carbocycles. The van der Waals surface area contributed by atoms with Gasteiger partial charge in [0, 0.05) is 12.8 Å². The second-order valence-corrected chi connectivity index (χ2v) is 2.83. The molecule has 4 nitrogen and oxygen atoms in total. The number of hydrogen-bond acceptors (Lipinski definition) is 3. The number of carbonyl (C=O) groups excluding carboxylic acids is 1. The molecule has 0 saturated heterocycles. The van der Waals surface area contributed by atoms with Crippen LogP contribution in [-0.4, -0.2) is 23.6 Å². The number of amides is 1. The number of pyridine rings is 1. The van der Waals surface area contributed by atoms with Gasteiger partial charge in [0.1, 0.15) is 6.10 Å². The third-order valence-electron chi connectivity index (χ3n) is 1.71. The number of aromatic nitrogens is 1. The lowest BCUT2D eigenvalue weighted by atomic mass is 10.3. The molecular weight excluding hydrogens is 180 g/mol. The number of carbonyl (C=O) groups is 1. The molecule has 0 aliphatic heterocycles. The lowest BCUT2D eigenvalue weighted by Crippen LogP contribution is -2.27. The normalized spacial score (nSPS) is 12.1. The van der Waals surface area contributed by atoms with Crippen molar-refractivity contribution in [1.29, 1.82) is 0 Å². The van der Waals surface area contributed by atoms with Gasteiger partial charge in [-0.05, 0) is 26.0 Å². The molecule has 1 N–H and O–H groups in total. The van der Waals surface area contributed by atoms with Crippen molar-refractivity contribution < 1.29 is 9.53 Å². The predicted octanol–water partition coefficient (Wildman–Crippen LogP) is 1.45. The molecule has 0 radical (unpaired) electrons. The van der Waals surface area contributed by atoms with Gasteiger partial charge in [-0.3, -0.25) is 9.78 Å². The van der Waals surface area contributed by atoms with Crippen LogP contribution in [0.1, 0.15) is 13.8 Å². The van der Waals surface area contributed by atoms with E-state index in [0.29, 0.717) is 12.3 Å². The van der Waals surface area contributed by atoms with Crippen molar-refractivity contribution in [3.63, 3.8) is 0 Å². The van der Waals surface area contributed by atoms with Crippen LogP contribution in [0.25, 0.3) is 0 Å². The summed E-state index contributed by atoms with van der Waals surface area (Å²) in [5, 5.41) is 2.70. The first-order chi connectivity index (χ1) is 6.74. The van der Waals surface area contributed by atoms with Crippen LogP contribution in [0.3, 0.4) is 0 Å². The summed E-state index contributed by atoms with van der Waals surface area (Å²) >= 11 is 0. The van der Waals surface area contributed by atoms with E-state index in [9.17, 15) is 4.79 Å². The lowest BCUT2D eigenvalue weighted by molar-refractivity contribution is -0.126. The van der Waals surface area contributed by atoms with Gasteiger partial charge < -0.3 is 10.1 Å². The van der Waals surface area contributed by atoms with Crippen LogP contribution in [0.2, 0.25) is 0 Å². The van der Waals surface area contributed by atoms with Crippen molar-refractivity contribution >= 4 is 11.6 Å². The van der Waals surface area contributed by atoms with E-state index in [1.165, 1.54) is 0 Å². The minimum atomic E-state index is -0.430. The Morgan fingerprint density at radius 3 is 3.07 bits per heavy atom. The summed E-state index contributed by atoms with van der Waals surface area (Å²) < 4.78 is 5.14. The third kappa shape index (κ3) is 3.14. The summed E-state index contributed by atoms with van der Waals surface area (Å²) in [5.41, 5.74) is 0.684. The molecule has 0 aromatic carbocycles. The standard InChI is InChI=1S/C10H14N2O2/c1-3-14-8(2)10(13)12-9-5-4-6-11-7-9/h4-8H,3H2,1-2H3,(H,12,13)/t8-/m1/s1. The Balaban J connectivity index is 2.49. The molecule has 1 atom stereocenters. The monoisotopic (exact) mass is 194 g/mol. The molecule has 0 aliphatic rings. The molecule has 1 aromatic heterocycles. The van der Waals surface area contributed by atoms with Crippen LogP contribution in [0.4, 0.5) is 5.69 Å². The highest BCUT2D eigenvalue weighted by molar-refractivity contribution is 5.93. The molecule has 0 spiro atoms. The van der Waals surface area contributed by atoms with Crippen LogP contribution in [0.5, 0.6) is 0 Å². The largest absolute Gasteiger partial charge is 0.369 e. The fourth-order valence-electron chi connectivity index (χ4n) is 1.01. The van der Waals surface area contributed by atoms with Crippen LogP contribution < -0.4 is 5.32 Å². The van der Waals surface area contributed by atoms with Gasteiger partial charge in [0.25, 0.3) is 5.91 Å². The molecule has 1 amide bonds. The maximum atomic E-state index is 11.4. The number of hydrogen-bond donors (Lipinski definition) is 1. The molecule has 0 fully saturated rings. The van der Waals surface area contributed by atoms with Crippen LogP contribution in [-0.2, 0) is 9.53 Å². The Morgan fingerprint density at radius 2 is 2.50 bits per heavy atom. The van der Waals surface area contributed by atoms with Crippen LogP contribution >= 0.6 is 0 Å². The van der Waals surface area contributed by atoms with Crippen molar-refractivity contribution in [3.8, 4) is 0 Å². The highest BCUT2D eigenvalue weighted by atomic mass is 16.5. The lowest BCUT2D eigenvalue weighted by Gasteiger charge is -2.11. The molecule has 1 rings (SSSR count). The van der Waals surface area contributed by atoms with E-state index < -0.39 is 6.10 Å². The summed E-state index contributed by atoms with van der Waals surface area (Å²) in [5.74, 6) is -0.153.